The van der Waals surface area contributed by atoms with Gasteiger partial charge in [0.05, 0.1) is 18.1 Å². The summed E-state index contributed by atoms with van der Waals surface area (Å²) in [6.07, 6.45) is 6.41. The zero-order valence-corrected chi connectivity index (χ0v) is 19.9. The zero-order chi connectivity index (χ0) is 24.7. The van der Waals surface area contributed by atoms with E-state index < -0.39 is 21.1 Å². The Balaban J connectivity index is 1.48. The van der Waals surface area contributed by atoms with Crippen LogP contribution in [0.3, 0.4) is 0 Å². The molecule has 10 heteroatoms. The lowest BCUT2D eigenvalue weighted by molar-refractivity contribution is 0.122. The van der Waals surface area contributed by atoms with Crippen LogP contribution in [0.2, 0.25) is 0 Å². The van der Waals surface area contributed by atoms with E-state index in [0.29, 0.717) is 49.9 Å². The van der Waals surface area contributed by atoms with E-state index in [1.807, 2.05) is 11.0 Å². The third-order valence-electron chi connectivity index (χ3n) is 5.60. The number of amides is 2. The highest BCUT2D eigenvalue weighted by Gasteiger charge is 2.30. The van der Waals surface area contributed by atoms with E-state index in [4.69, 9.17) is 4.74 Å². The van der Waals surface area contributed by atoms with Crippen molar-refractivity contribution in [3.63, 3.8) is 0 Å². The van der Waals surface area contributed by atoms with Gasteiger partial charge in [-0.2, -0.15) is 0 Å². The molecule has 4 rings (SSSR count). The first-order valence-electron chi connectivity index (χ1n) is 11.2. The van der Waals surface area contributed by atoms with Crippen molar-refractivity contribution in [3.8, 4) is 0 Å². The topological polar surface area (TPSA) is 114 Å². The number of nitrogens with one attached hydrogen (secondary N) is 2. The first kappa shape index (κ1) is 24.4. The molecule has 9 nitrogen and oxygen atoms in total. The third-order valence-corrected chi connectivity index (χ3v) is 7.64. The largest absolute Gasteiger partial charge is 0.378 e. The third kappa shape index (κ3) is 5.84. The first-order valence-corrected chi connectivity index (χ1v) is 12.7. The Hall–Kier alpha value is -3.76. The standard InChI is InChI=1S/C25H27N5O4S/c1-2-23(22-6-4-12-27-24(22)30-13-15-34-16-14-30)35(32,33)21-9-7-20(8-10-21)29-25(31)28-18-19-5-3-11-26-17-19/h2-12,17,23H,1,13-16,18H2,(H2,28,29,31). The molecule has 2 aromatic heterocycles. The summed E-state index contributed by atoms with van der Waals surface area (Å²) in [7, 11) is -3.81. The van der Waals surface area contributed by atoms with Gasteiger partial charge in [0.15, 0.2) is 9.84 Å². The number of benzene rings is 1. The number of anilines is 2. The fourth-order valence-electron chi connectivity index (χ4n) is 3.83. The second kappa shape index (κ2) is 11.1. The number of rotatable bonds is 8. The van der Waals surface area contributed by atoms with Crippen LogP contribution in [0, 0.1) is 0 Å². The fraction of sp³-hybridized carbons (Fsp3) is 0.240. The van der Waals surface area contributed by atoms with Crippen LogP contribution in [-0.4, -0.2) is 50.7 Å². The highest BCUT2D eigenvalue weighted by atomic mass is 32.2. The molecule has 0 bridgehead atoms. The van der Waals surface area contributed by atoms with Crippen molar-refractivity contribution in [1.29, 1.82) is 0 Å². The maximum absolute atomic E-state index is 13.5. The van der Waals surface area contributed by atoms with Crippen LogP contribution in [0.25, 0.3) is 0 Å². The van der Waals surface area contributed by atoms with E-state index >= 15 is 0 Å². The number of pyridine rings is 2. The van der Waals surface area contributed by atoms with Crippen LogP contribution in [0.4, 0.5) is 16.3 Å². The van der Waals surface area contributed by atoms with Gasteiger partial charge in [-0.25, -0.2) is 18.2 Å². The summed E-state index contributed by atoms with van der Waals surface area (Å²) in [6, 6.07) is 12.8. The Kier molecular flexibility index (Phi) is 7.74. The molecule has 0 radical (unpaired) electrons. The minimum Gasteiger partial charge on any atom is -0.378 e. The van der Waals surface area contributed by atoms with Crippen LogP contribution in [0.15, 0.2) is 84.7 Å². The summed E-state index contributed by atoms with van der Waals surface area (Å²) in [4.78, 5) is 22.8. The average molecular weight is 494 g/mol. The van der Waals surface area contributed by atoms with Gasteiger partial charge in [0.2, 0.25) is 0 Å². The van der Waals surface area contributed by atoms with Crippen molar-refractivity contribution < 1.29 is 17.9 Å². The fourth-order valence-corrected chi connectivity index (χ4v) is 5.41. The second-order valence-electron chi connectivity index (χ2n) is 7.91. The van der Waals surface area contributed by atoms with Gasteiger partial charge in [0.1, 0.15) is 11.1 Å². The minimum atomic E-state index is -3.81. The van der Waals surface area contributed by atoms with Crippen LogP contribution >= 0.6 is 0 Å². The maximum Gasteiger partial charge on any atom is 0.319 e. The lowest BCUT2D eigenvalue weighted by Crippen LogP contribution is -2.37. The lowest BCUT2D eigenvalue weighted by atomic mass is 10.1. The Bertz CT molecular complexity index is 1260. The number of hydrogen-bond acceptors (Lipinski definition) is 7. The van der Waals surface area contributed by atoms with Gasteiger partial charge in [-0.15, -0.1) is 6.58 Å². The quantitative estimate of drug-likeness (QED) is 0.463. The second-order valence-corrected chi connectivity index (χ2v) is 9.98. The Morgan fingerprint density at radius 2 is 1.86 bits per heavy atom. The Morgan fingerprint density at radius 3 is 2.54 bits per heavy atom. The number of carbonyl (C=O) groups excluding carboxylic acids is 1. The molecule has 1 saturated heterocycles. The number of sulfone groups is 1. The van der Waals surface area contributed by atoms with Crippen molar-refractivity contribution in [2.75, 3.05) is 36.5 Å². The van der Waals surface area contributed by atoms with Crippen molar-refractivity contribution >= 4 is 27.4 Å². The molecule has 1 unspecified atom stereocenters. The first-order chi connectivity index (χ1) is 17.0. The highest BCUT2D eigenvalue weighted by molar-refractivity contribution is 7.91. The summed E-state index contributed by atoms with van der Waals surface area (Å²) < 4.78 is 32.5. The molecule has 3 aromatic rings. The lowest BCUT2D eigenvalue weighted by Gasteiger charge is -2.30. The van der Waals surface area contributed by atoms with Gasteiger partial charge in [0.25, 0.3) is 0 Å². The minimum absolute atomic E-state index is 0.125. The maximum atomic E-state index is 13.5. The highest BCUT2D eigenvalue weighted by Crippen LogP contribution is 2.35. The number of urea groups is 1. The summed E-state index contributed by atoms with van der Waals surface area (Å²) >= 11 is 0. The van der Waals surface area contributed by atoms with E-state index in [2.05, 4.69) is 27.2 Å². The molecule has 3 heterocycles. The summed E-state index contributed by atoms with van der Waals surface area (Å²) in [5.74, 6) is 0.618. The molecule has 0 spiro atoms. The normalized spacial score (nSPS) is 14.7. The van der Waals surface area contributed by atoms with Gasteiger partial charge < -0.3 is 20.3 Å². The predicted octanol–water partition coefficient (Wildman–Crippen LogP) is 3.34. The molecule has 0 aliphatic carbocycles. The van der Waals surface area contributed by atoms with Gasteiger partial charge in [-0.3, -0.25) is 4.98 Å². The van der Waals surface area contributed by atoms with E-state index in [0.717, 1.165) is 5.56 Å². The number of morpholine rings is 1. The molecule has 2 N–H and O–H groups in total. The number of nitrogens with zero attached hydrogens (tertiary/aromatic N) is 3. The van der Waals surface area contributed by atoms with Gasteiger partial charge in [-0.1, -0.05) is 18.2 Å². The van der Waals surface area contributed by atoms with Crippen molar-refractivity contribution in [2.45, 2.75) is 16.7 Å². The van der Waals surface area contributed by atoms with E-state index in [-0.39, 0.29) is 4.90 Å². The van der Waals surface area contributed by atoms with Gasteiger partial charge in [0, 0.05) is 49.5 Å². The predicted molar refractivity (Wildman–Crippen MR) is 134 cm³/mol. The van der Waals surface area contributed by atoms with E-state index in [1.54, 1.807) is 48.9 Å². The number of hydrogen-bond donors (Lipinski definition) is 2. The number of carbonyl (C=O) groups is 1. The Morgan fingerprint density at radius 1 is 1.11 bits per heavy atom. The molecule has 2 amide bonds. The molecule has 0 saturated carbocycles. The van der Waals surface area contributed by atoms with Crippen LogP contribution in [0.1, 0.15) is 16.4 Å². The zero-order valence-electron chi connectivity index (χ0n) is 19.1. The number of aromatic nitrogens is 2. The molecule has 1 atom stereocenters. The summed E-state index contributed by atoms with van der Waals surface area (Å²) in [5, 5.41) is 4.46. The van der Waals surface area contributed by atoms with Crippen molar-refractivity contribution in [1.82, 2.24) is 15.3 Å². The number of ether oxygens (including phenoxy) is 1. The van der Waals surface area contributed by atoms with E-state index in [1.165, 1.54) is 18.2 Å². The van der Waals surface area contributed by atoms with Gasteiger partial charge >= 0.3 is 6.03 Å². The molecule has 1 aliphatic rings. The summed E-state index contributed by atoms with van der Waals surface area (Å²) in [5.41, 5.74) is 1.91. The Labute approximate surface area is 204 Å². The smallest absolute Gasteiger partial charge is 0.319 e. The van der Waals surface area contributed by atoms with Crippen LogP contribution < -0.4 is 15.5 Å². The molecule has 35 heavy (non-hydrogen) atoms. The average Bonchev–Trinajstić information content (AvgIpc) is 2.89. The molecule has 1 fully saturated rings. The molecule has 1 aromatic carbocycles. The van der Waals surface area contributed by atoms with E-state index in [9.17, 15) is 13.2 Å². The van der Waals surface area contributed by atoms with Crippen molar-refractivity contribution in [3.05, 3.63) is 90.9 Å². The van der Waals surface area contributed by atoms with Crippen LogP contribution in [0.5, 0.6) is 0 Å². The monoisotopic (exact) mass is 493 g/mol. The SMILES string of the molecule is C=CC(c1cccnc1N1CCOCC1)S(=O)(=O)c1ccc(NC(=O)NCc2cccnc2)cc1. The molecular formula is C25H27N5O4S. The molecule has 1 aliphatic heterocycles. The molecular weight excluding hydrogens is 466 g/mol. The van der Waals surface area contributed by atoms with Gasteiger partial charge in [-0.05, 0) is 42.0 Å². The summed E-state index contributed by atoms with van der Waals surface area (Å²) in [6.45, 7) is 6.52. The molecule has 182 valence electrons. The van der Waals surface area contributed by atoms with Crippen LogP contribution in [-0.2, 0) is 21.1 Å². The van der Waals surface area contributed by atoms with Crippen molar-refractivity contribution in [2.24, 2.45) is 0 Å².